The molecule has 0 saturated heterocycles. The summed E-state index contributed by atoms with van der Waals surface area (Å²) in [5, 5.41) is 25.1. The number of carbonyl (C=O) groups excluding carboxylic acids is 4. The largest absolute Gasteiger partial charge is 0.508 e. The van der Waals surface area contributed by atoms with Gasteiger partial charge in [0.05, 0.1) is 6.61 Å². The van der Waals surface area contributed by atoms with Crippen LogP contribution < -0.4 is 16.4 Å². The summed E-state index contributed by atoms with van der Waals surface area (Å²) in [4.78, 5) is 52.2. The fraction of sp³-hybridized carbons (Fsp3) is 0.600. The second-order valence-electron chi connectivity index (χ2n) is 10.6. The highest BCUT2D eigenvalue weighted by Crippen LogP contribution is 2.28. The fourth-order valence-corrected chi connectivity index (χ4v) is 3.43. The van der Waals surface area contributed by atoms with Crippen LogP contribution in [0.1, 0.15) is 71.6 Å². The second kappa shape index (κ2) is 12.6. The number of hydrogen-bond acceptors (Lipinski definition) is 7. The van der Waals surface area contributed by atoms with E-state index in [1.807, 2.05) is 0 Å². The zero-order chi connectivity index (χ0) is 27.8. The van der Waals surface area contributed by atoms with Crippen molar-refractivity contribution in [2.24, 2.45) is 5.73 Å². The lowest BCUT2D eigenvalue weighted by Crippen LogP contribution is -2.55. The summed E-state index contributed by atoms with van der Waals surface area (Å²) in [7, 11) is 0. The summed E-state index contributed by atoms with van der Waals surface area (Å²) in [6.07, 6.45) is -1.24. The molecule has 0 bridgehead atoms. The van der Waals surface area contributed by atoms with Gasteiger partial charge in [0.25, 0.3) is 0 Å². The van der Waals surface area contributed by atoms with Gasteiger partial charge < -0.3 is 36.2 Å². The first kappa shape index (κ1) is 30.7. The second-order valence-corrected chi connectivity index (χ2v) is 10.6. The monoisotopic (exact) mass is 508 g/mol. The third kappa shape index (κ3) is 10.1. The molecule has 4 amide bonds. The number of hydrogen-bond donors (Lipinski definition) is 5. The SMILES string of the molecule is Cc1cc(C(C(=O)NC(C)(C)C)N(CCO)C(=O)C(CCC(N)=O)NC(=O)OC(C)(C)C)ccc1O. The smallest absolute Gasteiger partial charge is 0.408 e. The lowest BCUT2D eigenvalue weighted by molar-refractivity contribution is -0.143. The Labute approximate surface area is 212 Å². The topological polar surface area (TPSA) is 171 Å². The number of nitrogens with zero attached hydrogens (tertiary/aromatic N) is 1. The zero-order valence-electron chi connectivity index (χ0n) is 22.2. The van der Waals surface area contributed by atoms with Gasteiger partial charge in [-0.05, 0) is 78.1 Å². The van der Waals surface area contributed by atoms with Crippen LogP contribution in [-0.4, -0.2) is 69.3 Å². The van der Waals surface area contributed by atoms with E-state index in [1.165, 1.54) is 12.1 Å². The van der Waals surface area contributed by atoms with Gasteiger partial charge in [-0.3, -0.25) is 14.4 Å². The quantitative estimate of drug-likeness (QED) is 0.320. The van der Waals surface area contributed by atoms with E-state index in [4.69, 9.17) is 10.5 Å². The van der Waals surface area contributed by atoms with Gasteiger partial charge in [0, 0.05) is 18.5 Å². The number of aliphatic hydroxyl groups is 1. The van der Waals surface area contributed by atoms with Crippen LogP contribution in [0.2, 0.25) is 0 Å². The van der Waals surface area contributed by atoms with Crippen molar-refractivity contribution in [3.05, 3.63) is 29.3 Å². The van der Waals surface area contributed by atoms with Gasteiger partial charge in [-0.2, -0.15) is 0 Å². The zero-order valence-corrected chi connectivity index (χ0v) is 22.2. The molecule has 0 aliphatic carbocycles. The number of ether oxygens (including phenoxy) is 1. The number of phenolic OH excluding ortho intramolecular Hbond substituents is 1. The van der Waals surface area contributed by atoms with E-state index >= 15 is 0 Å². The normalized spacial score (nSPS) is 13.3. The maximum atomic E-state index is 13.7. The van der Waals surface area contributed by atoms with Crippen LogP contribution in [-0.2, 0) is 19.1 Å². The maximum Gasteiger partial charge on any atom is 0.408 e. The highest BCUT2D eigenvalue weighted by molar-refractivity contribution is 5.92. The lowest BCUT2D eigenvalue weighted by atomic mass is 9.98. The summed E-state index contributed by atoms with van der Waals surface area (Å²) in [6.45, 7) is 11.2. The number of phenols is 1. The highest BCUT2D eigenvalue weighted by atomic mass is 16.6. The number of nitrogens with one attached hydrogen (secondary N) is 2. The molecule has 36 heavy (non-hydrogen) atoms. The van der Waals surface area contributed by atoms with Gasteiger partial charge >= 0.3 is 6.09 Å². The third-order valence-electron chi connectivity index (χ3n) is 4.89. The van der Waals surface area contributed by atoms with Gasteiger partial charge in [0.15, 0.2) is 0 Å². The Bertz CT molecular complexity index is 951. The molecule has 0 saturated carbocycles. The molecule has 202 valence electrons. The first-order valence-corrected chi connectivity index (χ1v) is 11.8. The highest BCUT2D eigenvalue weighted by Gasteiger charge is 2.37. The van der Waals surface area contributed by atoms with Crippen molar-refractivity contribution in [2.75, 3.05) is 13.2 Å². The Balaban J connectivity index is 3.52. The predicted molar refractivity (Wildman–Crippen MR) is 134 cm³/mol. The van der Waals surface area contributed by atoms with E-state index < -0.39 is 53.6 Å². The molecule has 0 radical (unpaired) electrons. The Morgan fingerprint density at radius 1 is 1.11 bits per heavy atom. The number of rotatable bonds is 10. The van der Waals surface area contributed by atoms with Gasteiger partial charge in [0.2, 0.25) is 17.7 Å². The van der Waals surface area contributed by atoms with Crippen molar-refractivity contribution in [3.63, 3.8) is 0 Å². The molecule has 1 aromatic rings. The van der Waals surface area contributed by atoms with Crippen LogP contribution in [0.25, 0.3) is 0 Å². The molecule has 2 atom stereocenters. The molecular weight excluding hydrogens is 468 g/mol. The molecule has 0 aromatic heterocycles. The summed E-state index contributed by atoms with van der Waals surface area (Å²) in [5.41, 5.74) is 4.66. The third-order valence-corrected chi connectivity index (χ3v) is 4.89. The van der Waals surface area contributed by atoms with Gasteiger partial charge in [-0.15, -0.1) is 0 Å². The van der Waals surface area contributed by atoms with Crippen molar-refractivity contribution >= 4 is 23.8 Å². The number of aromatic hydroxyl groups is 1. The van der Waals surface area contributed by atoms with Crippen molar-refractivity contribution in [1.29, 1.82) is 0 Å². The van der Waals surface area contributed by atoms with Crippen LogP contribution in [0, 0.1) is 6.92 Å². The van der Waals surface area contributed by atoms with Crippen LogP contribution in [0.3, 0.4) is 0 Å². The number of alkyl carbamates (subject to hydrolysis) is 1. The molecule has 0 aliphatic rings. The molecule has 1 aromatic carbocycles. The van der Waals surface area contributed by atoms with Crippen LogP contribution in [0.4, 0.5) is 4.79 Å². The maximum absolute atomic E-state index is 13.7. The number of nitrogens with two attached hydrogens (primary N) is 1. The summed E-state index contributed by atoms with van der Waals surface area (Å²) in [6, 6.07) is 2.01. The average molecular weight is 509 g/mol. The molecule has 6 N–H and O–H groups in total. The number of amides is 4. The minimum absolute atomic E-state index is 0.0136. The predicted octanol–water partition coefficient (Wildman–Crippen LogP) is 1.64. The van der Waals surface area contributed by atoms with E-state index in [1.54, 1.807) is 54.5 Å². The van der Waals surface area contributed by atoms with E-state index in [2.05, 4.69) is 10.6 Å². The molecule has 0 heterocycles. The minimum atomic E-state index is -1.26. The molecule has 11 nitrogen and oxygen atoms in total. The number of aliphatic hydroxyl groups excluding tert-OH is 1. The number of benzene rings is 1. The summed E-state index contributed by atoms with van der Waals surface area (Å²) >= 11 is 0. The van der Waals surface area contributed by atoms with E-state index in [9.17, 15) is 29.4 Å². The minimum Gasteiger partial charge on any atom is -0.508 e. The molecule has 2 unspecified atom stereocenters. The molecule has 0 aliphatic heterocycles. The first-order valence-electron chi connectivity index (χ1n) is 11.8. The molecule has 0 spiro atoms. The van der Waals surface area contributed by atoms with Crippen molar-refractivity contribution in [3.8, 4) is 5.75 Å². The van der Waals surface area contributed by atoms with E-state index in [0.29, 0.717) is 11.1 Å². The fourth-order valence-electron chi connectivity index (χ4n) is 3.43. The van der Waals surface area contributed by atoms with Crippen LogP contribution in [0.15, 0.2) is 18.2 Å². The number of aryl methyl sites for hydroxylation is 1. The Hall–Kier alpha value is -3.34. The first-order chi connectivity index (χ1) is 16.4. The molecule has 11 heteroatoms. The van der Waals surface area contributed by atoms with Gasteiger partial charge in [-0.1, -0.05) is 6.07 Å². The standard InChI is InChI=1S/C25H40N4O7/c1-15-14-16(8-10-18(15)31)20(21(33)28-24(2,3)4)29(12-13-30)22(34)17(9-11-19(26)32)27-23(35)36-25(5,6)7/h8,10,14,17,20,30-31H,9,11-13H2,1-7H3,(H2,26,32)(H,27,35)(H,28,33). The Kier molecular flexibility index (Phi) is 10.7. The lowest BCUT2D eigenvalue weighted by Gasteiger charge is -2.35. The van der Waals surface area contributed by atoms with E-state index in [0.717, 1.165) is 4.90 Å². The van der Waals surface area contributed by atoms with Gasteiger partial charge in [0.1, 0.15) is 23.4 Å². The Morgan fingerprint density at radius 3 is 2.19 bits per heavy atom. The van der Waals surface area contributed by atoms with Crippen LogP contribution >= 0.6 is 0 Å². The van der Waals surface area contributed by atoms with Gasteiger partial charge in [-0.25, -0.2) is 4.79 Å². The van der Waals surface area contributed by atoms with E-state index in [-0.39, 0.29) is 25.1 Å². The van der Waals surface area contributed by atoms with Crippen molar-refractivity contribution in [2.45, 2.75) is 84.5 Å². The molecule has 1 rings (SSSR count). The summed E-state index contributed by atoms with van der Waals surface area (Å²) < 4.78 is 5.26. The molecular formula is C25H40N4O7. The molecule has 0 fully saturated rings. The number of carbonyl (C=O) groups is 4. The van der Waals surface area contributed by atoms with Crippen molar-refractivity contribution in [1.82, 2.24) is 15.5 Å². The van der Waals surface area contributed by atoms with Crippen LogP contribution in [0.5, 0.6) is 5.75 Å². The average Bonchev–Trinajstić information content (AvgIpc) is 2.70. The summed E-state index contributed by atoms with van der Waals surface area (Å²) in [5.74, 6) is -1.90. The van der Waals surface area contributed by atoms with Crippen molar-refractivity contribution < 1.29 is 34.1 Å². The Morgan fingerprint density at radius 2 is 1.72 bits per heavy atom. The number of primary amides is 1.